The number of thioether (sulfide) groups is 1. The third-order valence-electron chi connectivity index (χ3n) is 4.18. The van der Waals surface area contributed by atoms with Crippen molar-refractivity contribution in [2.24, 2.45) is 4.99 Å². The summed E-state index contributed by atoms with van der Waals surface area (Å²) in [5.41, 5.74) is 0. The molecule has 0 amide bonds. The summed E-state index contributed by atoms with van der Waals surface area (Å²) in [4.78, 5) is 9.37. The first-order valence-electron chi connectivity index (χ1n) is 8.54. The van der Waals surface area contributed by atoms with Crippen molar-refractivity contribution in [1.29, 1.82) is 0 Å². The molecule has 0 aromatic rings. The van der Waals surface area contributed by atoms with Crippen LogP contribution >= 0.6 is 35.7 Å². The molecule has 132 valence electrons. The molecule has 1 atom stereocenters. The molecule has 1 saturated heterocycles. The lowest BCUT2D eigenvalue weighted by molar-refractivity contribution is 0.296. The molecule has 4 nitrogen and oxygen atoms in total. The van der Waals surface area contributed by atoms with Crippen molar-refractivity contribution < 1.29 is 0 Å². The fraction of sp³-hybridized carbons (Fsp3) is 0.938. The van der Waals surface area contributed by atoms with E-state index in [9.17, 15) is 0 Å². The van der Waals surface area contributed by atoms with E-state index in [4.69, 9.17) is 0 Å². The first-order chi connectivity index (χ1) is 10.2. The van der Waals surface area contributed by atoms with Gasteiger partial charge < -0.3 is 15.1 Å². The van der Waals surface area contributed by atoms with Gasteiger partial charge >= 0.3 is 0 Å². The first-order valence-corrected chi connectivity index (χ1v) is 9.59. The third-order valence-corrected chi connectivity index (χ3v) is 5.56. The molecule has 1 aliphatic rings. The number of hydrogen-bond donors (Lipinski definition) is 1. The summed E-state index contributed by atoms with van der Waals surface area (Å²) < 4.78 is 0. The van der Waals surface area contributed by atoms with E-state index in [-0.39, 0.29) is 24.0 Å². The Morgan fingerprint density at radius 3 is 2.59 bits per heavy atom. The Labute approximate surface area is 158 Å². The highest BCUT2D eigenvalue weighted by Gasteiger charge is 2.21. The molecular formula is C16H35IN4S. The number of halogens is 1. The number of hydrogen-bond acceptors (Lipinski definition) is 3. The molecule has 1 heterocycles. The van der Waals surface area contributed by atoms with E-state index in [0.717, 1.165) is 43.9 Å². The van der Waals surface area contributed by atoms with Crippen LogP contribution in [0, 0.1) is 0 Å². The van der Waals surface area contributed by atoms with Crippen LogP contribution in [-0.4, -0.2) is 73.1 Å². The van der Waals surface area contributed by atoms with Crippen LogP contribution in [0.15, 0.2) is 4.99 Å². The summed E-state index contributed by atoms with van der Waals surface area (Å²) in [6.07, 6.45) is 3.73. The second kappa shape index (κ2) is 13.7. The van der Waals surface area contributed by atoms with Crippen LogP contribution in [0.2, 0.25) is 0 Å². The van der Waals surface area contributed by atoms with Gasteiger partial charge in [0.05, 0.1) is 0 Å². The largest absolute Gasteiger partial charge is 0.356 e. The Morgan fingerprint density at radius 1 is 1.27 bits per heavy atom. The van der Waals surface area contributed by atoms with Gasteiger partial charge in [-0.05, 0) is 38.9 Å². The van der Waals surface area contributed by atoms with Crippen molar-refractivity contribution >= 4 is 41.7 Å². The SMILES string of the molecule is CCC1CN(C(=NC)NCCCCN(CC)CC)CCS1.I. The molecule has 1 fully saturated rings. The number of guanidine groups is 1. The number of nitrogens with zero attached hydrogens (tertiary/aromatic N) is 3. The Kier molecular flexibility index (Phi) is 13.9. The van der Waals surface area contributed by atoms with Crippen LogP contribution in [0.1, 0.15) is 40.0 Å². The molecule has 0 spiro atoms. The topological polar surface area (TPSA) is 30.9 Å². The van der Waals surface area contributed by atoms with Gasteiger partial charge in [0.2, 0.25) is 0 Å². The van der Waals surface area contributed by atoms with E-state index in [2.05, 4.69) is 52.6 Å². The summed E-state index contributed by atoms with van der Waals surface area (Å²) >= 11 is 2.11. The van der Waals surface area contributed by atoms with Gasteiger partial charge in [-0.2, -0.15) is 11.8 Å². The standard InChI is InChI=1S/C16H34N4S.HI/c1-5-15-14-20(12-13-21-15)16(17-4)18-10-8-9-11-19(6-2)7-3;/h15H,5-14H2,1-4H3,(H,17,18);1H. The maximum absolute atomic E-state index is 4.46. The summed E-state index contributed by atoms with van der Waals surface area (Å²) in [5.74, 6) is 2.32. The lowest BCUT2D eigenvalue weighted by Gasteiger charge is -2.34. The molecular weight excluding hydrogens is 407 g/mol. The molecule has 0 aromatic carbocycles. The maximum Gasteiger partial charge on any atom is 0.193 e. The van der Waals surface area contributed by atoms with Crippen molar-refractivity contribution in [2.75, 3.05) is 52.1 Å². The minimum absolute atomic E-state index is 0. The van der Waals surface area contributed by atoms with Crippen LogP contribution in [-0.2, 0) is 0 Å². The van der Waals surface area contributed by atoms with Crippen LogP contribution in [0.4, 0.5) is 0 Å². The number of aliphatic imine (C=N–C) groups is 1. The van der Waals surface area contributed by atoms with Crippen molar-refractivity contribution in [1.82, 2.24) is 15.1 Å². The molecule has 0 saturated carbocycles. The van der Waals surface area contributed by atoms with E-state index in [1.165, 1.54) is 31.6 Å². The molecule has 1 unspecified atom stereocenters. The number of rotatable bonds is 8. The van der Waals surface area contributed by atoms with Crippen LogP contribution in [0.5, 0.6) is 0 Å². The minimum atomic E-state index is 0. The minimum Gasteiger partial charge on any atom is -0.356 e. The van der Waals surface area contributed by atoms with Gasteiger partial charge in [0.25, 0.3) is 0 Å². The fourth-order valence-corrected chi connectivity index (χ4v) is 3.87. The molecule has 1 N–H and O–H groups in total. The Morgan fingerprint density at radius 2 is 2.00 bits per heavy atom. The Bertz CT molecular complexity index is 298. The lowest BCUT2D eigenvalue weighted by Crippen LogP contribution is -2.48. The van der Waals surface area contributed by atoms with E-state index >= 15 is 0 Å². The highest BCUT2D eigenvalue weighted by molar-refractivity contribution is 14.0. The molecule has 0 radical (unpaired) electrons. The normalized spacial score (nSPS) is 19.2. The molecule has 22 heavy (non-hydrogen) atoms. The van der Waals surface area contributed by atoms with Crippen molar-refractivity contribution in [3.05, 3.63) is 0 Å². The molecule has 0 bridgehead atoms. The van der Waals surface area contributed by atoms with E-state index < -0.39 is 0 Å². The first kappa shape index (κ1) is 22.3. The second-order valence-corrected chi connectivity index (χ2v) is 6.96. The second-order valence-electron chi connectivity index (χ2n) is 5.56. The van der Waals surface area contributed by atoms with Crippen LogP contribution < -0.4 is 5.32 Å². The highest BCUT2D eigenvalue weighted by Crippen LogP contribution is 2.20. The molecule has 0 aromatic heterocycles. The van der Waals surface area contributed by atoms with Gasteiger partial charge in [0.15, 0.2) is 5.96 Å². The highest BCUT2D eigenvalue weighted by atomic mass is 127. The Balaban J connectivity index is 0.00000441. The molecule has 1 rings (SSSR count). The molecule has 0 aliphatic carbocycles. The summed E-state index contributed by atoms with van der Waals surface area (Å²) in [6.45, 7) is 13.6. The monoisotopic (exact) mass is 442 g/mol. The number of nitrogens with one attached hydrogen (secondary N) is 1. The molecule has 1 aliphatic heterocycles. The number of unbranched alkanes of at least 4 members (excludes halogenated alkanes) is 1. The van der Waals surface area contributed by atoms with E-state index in [1.54, 1.807) is 0 Å². The van der Waals surface area contributed by atoms with Gasteiger partial charge in [-0.3, -0.25) is 4.99 Å². The Hall–Kier alpha value is 0.310. The summed E-state index contributed by atoms with van der Waals surface area (Å²) in [7, 11) is 1.90. The zero-order valence-electron chi connectivity index (χ0n) is 14.8. The van der Waals surface area contributed by atoms with Gasteiger partial charge in [-0.1, -0.05) is 20.8 Å². The van der Waals surface area contributed by atoms with Gasteiger partial charge in [0.1, 0.15) is 0 Å². The van der Waals surface area contributed by atoms with Crippen molar-refractivity contribution in [2.45, 2.75) is 45.3 Å². The predicted molar refractivity (Wildman–Crippen MR) is 112 cm³/mol. The van der Waals surface area contributed by atoms with E-state index in [1.807, 2.05) is 7.05 Å². The van der Waals surface area contributed by atoms with Crippen LogP contribution in [0.25, 0.3) is 0 Å². The third kappa shape index (κ3) is 8.24. The predicted octanol–water partition coefficient (Wildman–Crippen LogP) is 3.13. The zero-order chi connectivity index (χ0) is 15.5. The van der Waals surface area contributed by atoms with E-state index in [0.29, 0.717) is 0 Å². The smallest absolute Gasteiger partial charge is 0.193 e. The van der Waals surface area contributed by atoms with Crippen LogP contribution in [0.3, 0.4) is 0 Å². The lowest BCUT2D eigenvalue weighted by atomic mass is 10.3. The fourth-order valence-electron chi connectivity index (χ4n) is 2.69. The quantitative estimate of drug-likeness (QED) is 0.271. The molecule has 6 heteroatoms. The van der Waals surface area contributed by atoms with Gasteiger partial charge in [-0.15, -0.1) is 24.0 Å². The van der Waals surface area contributed by atoms with Gasteiger partial charge in [-0.25, -0.2) is 0 Å². The van der Waals surface area contributed by atoms with Gasteiger partial charge in [0, 0.05) is 37.7 Å². The zero-order valence-corrected chi connectivity index (χ0v) is 18.0. The van der Waals surface area contributed by atoms with Crippen molar-refractivity contribution in [3.8, 4) is 0 Å². The van der Waals surface area contributed by atoms with Crippen molar-refractivity contribution in [3.63, 3.8) is 0 Å². The summed E-state index contributed by atoms with van der Waals surface area (Å²) in [5, 5.41) is 4.31. The summed E-state index contributed by atoms with van der Waals surface area (Å²) in [6, 6.07) is 0. The average molecular weight is 442 g/mol. The maximum atomic E-state index is 4.46. The average Bonchev–Trinajstić information content (AvgIpc) is 2.54.